The first-order valence-electron chi connectivity index (χ1n) is 7.20. The lowest BCUT2D eigenvalue weighted by Gasteiger charge is -2.19. The molecule has 0 spiro atoms. The van der Waals surface area contributed by atoms with Crippen molar-refractivity contribution in [3.05, 3.63) is 29.1 Å². The number of aromatic amines is 1. The predicted molar refractivity (Wildman–Crippen MR) is 99.7 cm³/mol. The molecular formula is C14H16BrN7O2S. The number of nitrogens with one attached hydrogen (secondary N) is 3. The number of fused-ring (bicyclic) bond motifs is 1. The average molecular weight is 426 g/mol. The molecule has 3 N–H and O–H groups in total. The monoisotopic (exact) mass is 425 g/mol. The van der Waals surface area contributed by atoms with E-state index < -0.39 is 10.0 Å². The maximum Gasteiger partial charge on any atom is 0.240 e. The molecule has 2 aromatic heterocycles. The molecule has 3 rings (SSSR count). The molecule has 11 heteroatoms. The lowest BCUT2D eigenvalue weighted by molar-refractivity contribution is 0.588. The molecule has 0 unspecified atom stereocenters. The van der Waals surface area contributed by atoms with Gasteiger partial charge in [-0.05, 0) is 41.2 Å². The fraction of sp³-hybridized carbons (Fsp3) is 0.214. The highest BCUT2D eigenvalue weighted by Crippen LogP contribution is 2.33. The molecule has 132 valence electrons. The number of benzene rings is 1. The molecule has 0 atom stereocenters. The van der Waals surface area contributed by atoms with Crippen LogP contribution in [-0.4, -0.2) is 49.7 Å². The van der Waals surface area contributed by atoms with Crippen LogP contribution in [0.15, 0.2) is 34.0 Å². The molecule has 25 heavy (non-hydrogen) atoms. The van der Waals surface area contributed by atoms with Crippen molar-refractivity contribution in [2.45, 2.75) is 4.90 Å². The van der Waals surface area contributed by atoms with Crippen LogP contribution in [0.25, 0.3) is 11.0 Å². The van der Waals surface area contributed by atoms with Crippen LogP contribution in [0.4, 0.5) is 17.2 Å². The van der Waals surface area contributed by atoms with Gasteiger partial charge in [0.1, 0.15) is 16.7 Å². The van der Waals surface area contributed by atoms with Crippen LogP contribution in [-0.2, 0) is 10.0 Å². The Morgan fingerprint density at radius 1 is 1.24 bits per heavy atom. The highest BCUT2D eigenvalue weighted by molar-refractivity contribution is 9.10. The third-order valence-corrected chi connectivity index (χ3v) is 5.58. The van der Waals surface area contributed by atoms with Gasteiger partial charge in [0.2, 0.25) is 10.0 Å². The van der Waals surface area contributed by atoms with E-state index in [1.54, 1.807) is 18.2 Å². The number of anilines is 3. The molecule has 1 aromatic carbocycles. The second kappa shape index (κ2) is 6.58. The van der Waals surface area contributed by atoms with Crippen molar-refractivity contribution in [1.29, 1.82) is 0 Å². The first kappa shape index (κ1) is 17.6. The van der Waals surface area contributed by atoms with Crippen molar-refractivity contribution in [2.75, 3.05) is 31.4 Å². The quantitative estimate of drug-likeness (QED) is 0.570. The SMILES string of the molecule is CNS(=O)(=O)c1ccc(N(C)C)c(Nc2ncnc3[nH]nc(Br)c23)c1. The number of nitrogens with zero attached hydrogens (tertiary/aromatic N) is 4. The van der Waals surface area contributed by atoms with Gasteiger partial charge in [-0.25, -0.2) is 23.1 Å². The molecule has 0 aliphatic heterocycles. The number of sulfonamides is 1. The van der Waals surface area contributed by atoms with Crippen LogP contribution in [0.3, 0.4) is 0 Å². The number of aromatic nitrogens is 4. The van der Waals surface area contributed by atoms with Gasteiger partial charge in [0, 0.05) is 14.1 Å². The summed E-state index contributed by atoms with van der Waals surface area (Å²) in [5, 5.41) is 10.7. The normalized spacial score (nSPS) is 11.7. The van der Waals surface area contributed by atoms with Gasteiger partial charge in [0.05, 0.1) is 21.7 Å². The van der Waals surface area contributed by atoms with Crippen LogP contribution in [0.5, 0.6) is 0 Å². The first-order chi connectivity index (χ1) is 11.8. The third-order valence-electron chi connectivity index (χ3n) is 3.60. The summed E-state index contributed by atoms with van der Waals surface area (Å²) < 4.78 is 27.1. The van der Waals surface area contributed by atoms with Crippen LogP contribution < -0.4 is 14.9 Å². The molecule has 0 saturated carbocycles. The summed E-state index contributed by atoms with van der Waals surface area (Å²) in [4.78, 5) is 10.4. The van der Waals surface area contributed by atoms with E-state index >= 15 is 0 Å². The van der Waals surface area contributed by atoms with Crippen molar-refractivity contribution in [3.63, 3.8) is 0 Å². The van der Waals surface area contributed by atoms with Crippen molar-refractivity contribution in [3.8, 4) is 0 Å². The molecule has 0 fully saturated rings. The molecule has 0 aliphatic carbocycles. The standard InChI is InChI=1S/C14H16BrN7O2S/c1-16-25(23,24)8-4-5-10(22(2)3)9(6-8)19-13-11-12(15)20-21-14(11)18-7-17-13/h4-7,16H,1-3H3,(H2,17,18,19,20,21). The zero-order valence-electron chi connectivity index (χ0n) is 13.7. The molecule has 3 aromatic rings. The second-order valence-electron chi connectivity index (χ2n) is 5.37. The molecule has 0 radical (unpaired) electrons. The number of H-pyrrole nitrogens is 1. The maximum absolute atomic E-state index is 12.1. The van der Waals surface area contributed by atoms with Crippen LogP contribution in [0.2, 0.25) is 0 Å². The fourth-order valence-corrected chi connectivity index (χ4v) is 3.56. The minimum Gasteiger partial charge on any atom is -0.376 e. The summed E-state index contributed by atoms with van der Waals surface area (Å²) in [6.07, 6.45) is 1.40. The molecular weight excluding hydrogens is 410 g/mol. The van der Waals surface area contributed by atoms with Gasteiger partial charge in [0.15, 0.2) is 5.65 Å². The Bertz CT molecular complexity index is 1030. The van der Waals surface area contributed by atoms with Gasteiger partial charge in [-0.1, -0.05) is 0 Å². The summed E-state index contributed by atoms with van der Waals surface area (Å²) in [6, 6.07) is 4.84. The summed E-state index contributed by atoms with van der Waals surface area (Å²) in [5.41, 5.74) is 1.96. The smallest absolute Gasteiger partial charge is 0.240 e. The Hall–Kier alpha value is -2.24. The van der Waals surface area contributed by atoms with Crippen LogP contribution in [0.1, 0.15) is 0 Å². The molecule has 0 bridgehead atoms. The van der Waals surface area contributed by atoms with Gasteiger partial charge in [-0.15, -0.1) is 0 Å². The Kier molecular flexibility index (Phi) is 4.62. The van der Waals surface area contributed by atoms with Gasteiger partial charge in [0.25, 0.3) is 0 Å². The zero-order chi connectivity index (χ0) is 18.2. The van der Waals surface area contributed by atoms with E-state index in [0.29, 0.717) is 27.1 Å². The molecule has 0 saturated heterocycles. The number of hydrogen-bond acceptors (Lipinski definition) is 7. The van der Waals surface area contributed by atoms with E-state index in [1.807, 2.05) is 19.0 Å². The topological polar surface area (TPSA) is 116 Å². The zero-order valence-corrected chi connectivity index (χ0v) is 16.1. The van der Waals surface area contributed by atoms with E-state index in [2.05, 4.69) is 46.1 Å². The predicted octanol–water partition coefficient (Wildman–Crippen LogP) is 1.83. The Balaban J connectivity index is 2.14. The molecule has 0 amide bonds. The summed E-state index contributed by atoms with van der Waals surface area (Å²) in [7, 11) is 1.55. The number of rotatable bonds is 5. The van der Waals surface area contributed by atoms with Crippen molar-refractivity contribution < 1.29 is 8.42 Å². The van der Waals surface area contributed by atoms with E-state index in [9.17, 15) is 8.42 Å². The summed E-state index contributed by atoms with van der Waals surface area (Å²) in [6.45, 7) is 0. The van der Waals surface area contributed by atoms with E-state index in [4.69, 9.17) is 0 Å². The second-order valence-corrected chi connectivity index (χ2v) is 8.00. The van der Waals surface area contributed by atoms with Gasteiger partial charge < -0.3 is 10.2 Å². The maximum atomic E-state index is 12.1. The Labute approximate surface area is 153 Å². The van der Waals surface area contributed by atoms with E-state index in [-0.39, 0.29) is 4.90 Å². The van der Waals surface area contributed by atoms with Gasteiger partial charge in [-0.3, -0.25) is 5.10 Å². The highest BCUT2D eigenvalue weighted by Gasteiger charge is 2.17. The fourth-order valence-electron chi connectivity index (χ4n) is 2.34. The molecule has 0 aliphatic rings. The van der Waals surface area contributed by atoms with Gasteiger partial charge in [-0.2, -0.15) is 5.10 Å². The summed E-state index contributed by atoms with van der Waals surface area (Å²) >= 11 is 3.36. The van der Waals surface area contributed by atoms with E-state index in [1.165, 1.54) is 13.4 Å². The third kappa shape index (κ3) is 3.30. The van der Waals surface area contributed by atoms with Crippen molar-refractivity contribution in [2.24, 2.45) is 0 Å². The van der Waals surface area contributed by atoms with Crippen molar-refractivity contribution >= 4 is 54.2 Å². The van der Waals surface area contributed by atoms with Crippen LogP contribution >= 0.6 is 15.9 Å². The number of hydrogen-bond donors (Lipinski definition) is 3. The number of halogens is 1. The minimum absolute atomic E-state index is 0.152. The Morgan fingerprint density at radius 3 is 2.68 bits per heavy atom. The molecule has 9 nitrogen and oxygen atoms in total. The van der Waals surface area contributed by atoms with Gasteiger partial charge >= 0.3 is 0 Å². The summed E-state index contributed by atoms with van der Waals surface area (Å²) in [5.74, 6) is 0.507. The minimum atomic E-state index is -3.56. The van der Waals surface area contributed by atoms with E-state index in [0.717, 1.165) is 5.69 Å². The first-order valence-corrected chi connectivity index (χ1v) is 9.47. The largest absolute Gasteiger partial charge is 0.376 e. The lowest BCUT2D eigenvalue weighted by Crippen LogP contribution is -2.19. The Morgan fingerprint density at radius 2 is 2.00 bits per heavy atom. The lowest BCUT2D eigenvalue weighted by atomic mass is 10.2. The average Bonchev–Trinajstić information content (AvgIpc) is 2.97. The van der Waals surface area contributed by atoms with Crippen LogP contribution in [0, 0.1) is 0 Å². The molecule has 2 heterocycles. The highest BCUT2D eigenvalue weighted by atomic mass is 79.9. The van der Waals surface area contributed by atoms with Crippen molar-refractivity contribution in [1.82, 2.24) is 24.9 Å².